The smallest absolute Gasteiger partial charge is 0.260 e. The first-order valence-electron chi connectivity index (χ1n) is 15.6. The number of ether oxygens (including phenoxy) is 1. The average Bonchev–Trinajstić information content (AvgIpc) is 3.06. The van der Waals surface area contributed by atoms with Crippen molar-refractivity contribution in [2.24, 2.45) is 0 Å². The minimum atomic E-state index is -0.239. The van der Waals surface area contributed by atoms with Gasteiger partial charge in [-0.05, 0) is 50.6 Å². The molecular formula is C34H40ClN7O3. The minimum Gasteiger partial charge on any atom is -0.495 e. The van der Waals surface area contributed by atoms with E-state index in [0.717, 1.165) is 67.1 Å². The van der Waals surface area contributed by atoms with Crippen LogP contribution in [0.2, 0.25) is 5.02 Å². The molecule has 0 saturated carbocycles. The SMILES string of the molecule is CCC(=O)N1CCCC(n2c(=O)c(-c3ccccc3Cl)c(C)c3cnc(Nc4ccc(N5CCN(C)CC5)c(OC)c4)nc32)C1. The number of nitrogens with zero attached hydrogens (tertiary/aromatic N) is 6. The van der Waals surface area contributed by atoms with E-state index in [-0.39, 0.29) is 17.5 Å². The van der Waals surface area contributed by atoms with Crippen LogP contribution in [0.1, 0.15) is 37.8 Å². The van der Waals surface area contributed by atoms with Gasteiger partial charge < -0.3 is 24.8 Å². The monoisotopic (exact) mass is 629 g/mol. The number of hydrogen-bond acceptors (Lipinski definition) is 8. The number of anilines is 3. The van der Waals surface area contributed by atoms with Crippen LogP contribution >= 0.6 is 11.6 Å². The number of likely N-dealkylation sites (N-methyl/N-ethyl adjacent to an activating group) is 1. The van der Waals surface area contributed by atoms with Crippen LogP contribution in [0.3, 0.4) is 0 Å². The van der Waals surface area contributed by atoms with Crippen molar-refractivity contribution < 1.29 is 9.53 Å². The Morgan fingerprint density at radius 2 is 1.89 bits per heavy atom. The number of benzene rings is 2. The third-order valence-corrected chi connectivity index (χ3v) is 9.38. The number of piperazine rings is 1. The Bertz CT molecular complexity index is 1780. The van der Waals surface area contributed by atoms with Crippen LogP contribution in [0.25, 0.3) is 22.2 Å². The Morgan fingerprint density at radius 3 is 2.62 bits per heavy atom. The van der Waals surface area contributed by atoms with Crippen molar-refractivity contribution in [2.45, 2.75) is 39.2 Å². The summed E-state index contributed by atoms with van der Waals surface area (Å²) in [7, 11) is 3.82. The number of amides is 1. The molecule has 1 N–H and O–H groups in total. The molecule has 0 spiro atoms. The summed E-state index contributed by atoms with van der Waals surface area (Å²) in [5, 5.41) is 4.60. The molecule has 2 aromatic heterocycles. The highest BCUT2D eigenvalue weighted by molar-refractivity contribution is 6.33. The van der Waals surface area contributed by atoms with Crippen LogP contribution < -0.4 is 20.5 Å². The molecule has 11 heteroatoms. The zero-order valence-electron chi connectivity index (χ0n) is 26.3. The van der Waals surface area contributed by atoms with Gasteiger partial charge in [0.05, 0.1) is 24.4 Å². The van der Waals surface area contributed by atoms with Crippen molar-refractivity contribution in [1.29, 1.82) is 0 Å². The summed E-state index contributed by atoms with van der Waals surface area (Å²) in [6.07, 6.45) is 3.75. The number of hydrogen-bond donors (Lipinski definition) is 1. The van der Waals surface area contributed by atoms with Crippen LogP contribution in [-0.2, 0) is 4.79 Å². The van der Waals surface area contributed by atoms with Gasteiger partial charge in [0.15, 0.2) is 0 Å². The summed E-state index contributed by atoms with van der Waals surface area (Å²) < 4.78 is 7.55. The van der Waals surface area contributed by atoms with E-state index in [9.17, 15) is 9.59 Å². The average molecular weight is 630 g/mol. The fourth-order valence-electron chi connectivity index (χ4n) is 6.52. The molecule has 1 amide bonds. The first-order valence-corrected chi connectivity index (χ1v) is 16.0. The van der Waals surface area contributed by atoms with Crippen molar-refractivity contribution in [3.63, 3.8) is 0 Å². The number of piperidine rings is 1. The second-order valence-electron chi connectivity index (χ2n) is 11.9. The van der Waals surface area contributed by atoms with Gasteiger partial charge in [0, 0.05) is 79.6 Å². The first-order chi connectivity index (χ1) is 21.8. The standard InChI is InChI=1S/C34H40ClN7O3/c1-5-30(43)41-14-8-9-24(21-41)42-32-26(22(2)31(33(42)44)25-10-6-7-11-27(25)35)20-36-34(38-32)37-23-12-13-28(29(19-23)45-4)40-17-15-39(3)16-18-40/h6-7,10-13,19-20,24H,5,8-9,14-18,21H2,1-4H3,(H,36,37,38). The highest BCUT2D eigenvalue weighted by Gasteiger charge is 2.29. The highest BCUT2D eigenvalue weighted by Crippen LogP contribution is 2.35. The summed E-state index contributed by atoms with van der Waals surface area (Å²) in [6.45, 7) is 8.78. The number of aryl methyl sites for hydroxylation is 1. The number of rotatable bonds is 7. The Kier molecular flexibility index (Phi) is 8.96. The Hall–Kier alpha value is -4.15. The fraction of sp³-hybridized carbons (Fsp3) is 0.412. The molecule has 2 aliphatic heterocycles. The lowest BCUT2D eigenvalue weighted by Gasteiger charge is -2.34. The molecule has 236 valence electrons. The van der Waals surface area contributed by atoms with Gasteiger partial charge in [0.25, 0.3) is 5.56 Å². The molecule has 1 atom stereocenters. The number of likely N-dealkylation sites (tertiary alicyclic amines) is 1. The van der Waals surface area contributed by atoms with Crippen LogP contribution in [0.15, 0.2) is 53.5 Å². The van der Waals surface area contributed by atoms with E-state index in [1.807, 2.05) is 49.1 Å². The lowest BCUT2D eigenvalue weighted by molar-refractivity contribution is -0.132. The van der Waals surface area contributed by atoms with Crippen LogP contribution in [0.5, 0.6) is 5.75 Å². The molecule has 4 heterocycles. The normalized spacial score (nSPS) is 17.5. The van der Waals surface area contributed by atoms with Crippen molar-refractivity contribution in [2.75, 3.05) is 63.6 Å². The maximum Gasteiger partial charge on any atom is 0.260 e. The number of carbonyl (C=O) groups is 1. The van der Waals surface area contributed by atoms with Crippen LogP contribution in [0, 0.1) is 6.92 Å². The Balaban J connectivity index is 1.43. The van der Waals surface area contributed by atoms with Crippen LogP contribution in [0.4, 0.5) is 17.3 Å². The first kappa shape index (κ1) is 30.9. The van der Waals surface area contributed by atoms with Gasteiger partial charge in [-0.2, -0.15) is 4.98 Å². The maximum absolute atomic E-state index is 14.5. The molecule has 4 aromatic rings. The third kappa shape index (κ3) is 6.09. The number of nitrogens with one attached hydrogen (secondary N) is 1. The molecule has 10 nitrogen and oxygen atoms in total. The summed E-state index contributed by atoms with van der Waals surface area (Å²) in [6, 6.07) is 13.2. The van der Waals surface area contributed by atoms with Gasteiger partial charge >= 0.3 is 0 Å². The Labute approximate surface area is 268 Å². The zero-order chi connectivity index (χ0) is 31.7. The predicted octanol–water partition coefficient (Wildman–Crippen LogP) is 5.50. The van der Waals surface area contributed by atoms with Gasteiger partial charge in [-0.1, -0.05) is 36.7 Å². The van der Waals surface area contributed by atoms with Crippen molar-refractivity contribution >= 4 is 45.9 Å². The van der Waals surface area contributed by atoms with E-state index in [2.05, 4.69) is 33.2 Å². The molecule has 0 radical (unpaired) electrons. The number of carbonyl (C=O) groups excluding carboxylic acids is 1. The molecule has 2 saturated heterocycles. The summed E-state index contributed by atoms with van der Waals surface area (Å²) in [4.78, 5) is 43.3. The topological polar surface area (TPSA) is 95.8 Å². The number of methoxy groups -OCH3 is 1. The summed E-state index contributed by atoms with van der Waals surface area (Å²) >= 11 is 6.63. The van der Waals surface area contributed by atoms with E-state index in [1.165, 1.54) is 0 Å². The van der Waals surface area contributed by atoms with E-state index >= 15 is 0 Å². The van der Waals surface area contributed by atoms with Gasteiger partial charge in [0.2, 0.25) is 11.9 Å². The number of halogens is 1. The van der Waals surface area contributed by atoms with Crippen LogP contribution in [-0.4, -0.2) is 83.7 Å². The van der Waals surface area contributed by atoms with E-state index in [0.29, 0.717) is 47.3 Å². The van der Waals surface area contributed by atoms with E-state index in [1.54, 1.807) is 23.9 Å². The number of aromatic nitrogens is 3. The molecule has 1 unspecified atom stereocenters. The summed E-state index contributed by atoms with van der Waals surface area (Å²) in [5.74, 6) is 1.22. The van der Waals surface area contributed by atoms with Gasteiger partial charge in [-0.25, -0.2) is 4.98 Å². The lowest BCUT2D eigenvalue weighted by Crippen LogP contribution is -2.44. The predicted molar refractivity (Wildman–Crippen MR) is 180 cm³/mol. The third-order valence-electron chi connectivity index (χ3n) is 9.05. The Morgan fingerprint density at radius 1 is 1.11 bits per heavy atom. The van der Waals surface area contributed by atoms with Gasteiger partial charge in [0.1, 0.15) is 11.4 Å². The number of pyridine rings is 1. The molecule has 6 rings (SSSR count). The fourth-order valence-corrected chi connectivity index (χ4v) is 6.75. The van der Waals surface area contributed by atoms with Crippen molar-refractivity contribution in [1.82, 2.24) is 24.3 Å². The highest BCUT2D eigenvalue weighted by atomic mass is 35.5. The van der Waals surface area contributed by atoms with Gasteiger partial charge in [-0.3, -0.25) is 14.2 Å². The molecule has 0 aliphatic carbocycles. The van der Waals surface area contributed by atoms with Crippen molar-refractivity contribution in [3.05, 3.63) is 69.6 Å². The molecular weight excluding hydrogens is 590 g/mol. The summed E-state index contributed by atoms with van der Waals surface area (Å²) in [5.41, 5.74) is 4.15. The van der Waals surface area contributed by atoms with Crippen molar-refractivity contribution in [3.8, 4) is 16.9 Å². The zero-order valence-corrected chi connectivity index (χ0v) is 27.1. The molecule has 0 bridgehead atoms. The molecule has 2 fully saturated rings. The minimum absolute atomic E-state index is 0.0847. The van der Waals surface area contributed by atoms with Gasteiger partial charge in [-0.15, -0.1) is 0 Å². The maximum atomic E-state index is 14.5. The number of fused-ring (bicyclic) bond motifs is 1. The van der Waals surface area contributed by atoms with E-state index in [4.69, 9.17) is 21.3 Å². The van der Waals surface area contributed by atoms with E-state index < -0.39 is 0 Å². The molecule has 2 aromatic carbocycles. The molecule has 45 heavy (non-hydrogen) atoms. The second kappa shape index (κ2) is 13.1. The molecule has 2 aliphatic rings. The second-order valence-corrected chi connectivity index (χ2v) is 12.3. The quantitative estimate of drug-likeness (QED) is 0.286. The lowest BCUT2D eigenvalue weighted by atomic mass is 9.98. The largest absolute Gasteiger partial charge is 0.495 e.